The molecule has 0 fully saturated rings. The standard InChI is InChI=1S/C15H17N3O5/c1-9-15(18(20)21)10(2)17(16-9)8-13(19)12-7-11(22-3)5-6-14(12)23-4/h5-7H,8H2,1-4H3. The molecule has 0 aliphatic carbocycles. The lowest BCUT2D eigenvalue weighted by Gasteiger charge is -2.10. The van der Waals surface area contributed by atoms with Gasteiger partial charge in [-0.2, -0.15) is 5.10 Å². The number of benzene rings is 1. The normalized spacial score (nSPS) is 10.4. The van der Waals surface area contributed by atoms with E-state index < -0.39 is 4.92 Å². The van der Waals surface area contributed by atoms with Gasteiger partial charge in [-0.15, -0.1) is 0 Å². The van der Waals surface area contributed by atoms with Gasteiger partial charge in [-0.1, -0.05) is 0 Å². The Morgan fingerprint density at radius 1 is 1.30 bits per heavy atom. The number of rotatable bonds is 6. The van der Waals surface area contributed by atoms with E-state index in [1.165, 1.54) is 25.8 Å². The van der Waals surface area contributed by atoms with E-state index in [4.69, 9.17) is 9.47 Å². The van der Waals surface area contributed by atoms with Crippen molar-refractivity contribution in [3.05, 3.63) is 45.3 Å². The van der Waals surface area contributed by atoms with E-state index >= 15 is 0 Å². The number of aromatic nitrogens is 2. The van der Waals surface area contributed by atoms with Crippen molar-refractivity contribution in [2.24, 2.45) is 0 Å². The molecule has 0 aliphatic rings. The molecule has 2 aromatic rings. The lowest BCUT2D eigenvalue weighted by Crippen LogP contribution is -2.14. The predicted molar refractivity (Wildman–Crippen MR) is 82.2 cm³/mol. The minimum Gasteiger partial charge on any atom is -0.497 e. The predicted octanol–water partition coefficient (Wildman–Crippen LogP) is 2.31. The van der Waals surface area contributed by atoms with Crippen LogP contribution in [0.1, 0.15) is 21.7 Å². The van der Waals surface area contributed by atoms with Crippen LogP contribution in [0.5, 0.6) is 11.5 Å². The van der Waals surface area contributed by atoms with Crippen LogP contribution in [0.3, 0.4) is 0 Å². The number of aryl methyl sites for hydroxylation is 1. The number of ketones is 1. The number of nitro groups is 1. The molecular formula is C15H17N3O5. The molecule has 0 saturated carbocycles. The van der Waals surface area contributed by atoms with Crippen LogP contribution in [0.4, 0.5) is 5.69 Å². The van der Waals surface area contributed by atoms with Crippen LogP contribution in [-0.4, -0.2) is 34.7 Å². The first-order valence-electron chi connectivity index (χ1n) is 6.82. The number of Topliss-reactive ketones (excluding diaryl/α,β-unsaturated/α-hetero) is 1. The minimum atomic E-state index is -0.495. The zero-order valence-corrected chi connectivity index (χ0v) is 13.3. The molecular weight excluding hydrogens is 302 g/mol. The third kappa shape index (κ3) is 3.15. The second kappa shape index (κ2) is 6.47. The average Bonchev–Trinajstić information content (AvgIpc) is 2.80. The van der Waals surface area contributed by atoms with Crippen molar-refractivity contribution in [2.45, 2.75) is 20.4 Å². The monoisotopic (exact) mass is 319 g/mol. The first-order valence-corrected chi connectivity index (χ1v) is 6.82. The Hall–Kier alpha value is -2.90. The van der Waals surface area contributed by atoms with Crippen LogP contribution in [0.15, 0.2) is 18.2 Å². The smallest absolute Gasteiger partial charge is 0.312 e. The van der Waals surface area contributed by atoms with E-state index in [0.29, 0.717) is 22.8 Å². The number of hydrogen-bond donors (Lipinski definition) is 0. The molecule has 1 aromatic heterocycles. The van der Waals surface area contributed by atoms with Crippen LogP contribution in [-0.2, 0) is 6.54 Å². The van der Waals surface area contributed by atoms with E-state index in [0.717, 1.165) is 0 Å². The Bertz CT molecular complexity index is 767. The number of hydrogen-bond acceptors (Lipinski definition) is 6. The molecule has 0 amide bonds. The maximum atomic E-state index is 12.5. The molecule has 1 heterocycles. The molecule has 0 bridgehead atoms. The summed E-state index contributed by atoms with van der Waals surface area (Å²) in [4.78, 5) is 23.1. The molecule has 0 N–H and O–H groups in total. The van der Waals surface area contributed by atoms with Crippen molar-refractivity contribution in [1.82, 2.24) is 9.78 Å². The van der Waals surface area contributed by atoms with Gasteiger partial charge in [-0.05, 0) is 32.0 Å². The highest BCUT2D eigenvalue weighted by molar-refractivity contribution is 5.99. The zero-order valence-electron chi connectivity index (χ0n) is 13.3. The van der Waals surface area contributed by atoms with E-state index in [-0.39, 0.29) is 23.7 Å². The van der Waals surface area contributed by atoms with Crippen molar-refractivity contribution < 1.29 is 19.2 Å². The summed E-state index contributed by atoms with van der Waals surface area (Å²) in [6.07, 6.45) is 0. The second-order valence-electron chi connectivity index (χ2n) is 4.92. The number of ether oxygens (including phenoxy) is 2. The highest BCUT2D eigenvalue weighted by atomic mass is 16.6. The lowest BCUT2D eigenvalue weighted by atomic mass is 10.1. The van der Waals surface area contributed by atoms with Gasteiger partial charge in [-0.3, -0.25) is 19.6 Å². The van der Waals surface area contributed by atoms with Gasteiger partial charge in [0, 0.05) is 0 Å². The number of carbonyl (C=O) groups is 1. The highest BCUT2D eigenvalue weighted by Crippen LogP contribution is 2.26. The molecule has 0 aliphatic heterocycles. The first-order chi connectivity index (χ1) is 10.9. The van der Waals surface area contributed by atoms with E-state index in [9.17, 15) is 14.9 Å². The van der Waals surface area contributed by atoms with Crippen molar-refractivity contribution >= 4 is 11.5 Å². The SMILES string of the molecule is COc1ccc(OC)c(C(=O)Cn2nc(C)c([N+](=O)[O-])c2C)c1. The van der Waals surface area contributed by atoms with Crippen LogP contribution >= 0.6 is 0 Å². The summed E-state index contributed by atoms with van der Waals surface area (Å²) in [6.45, 7) is 2.98. The maximum absolute atomic E-state index is 12.5. The van der Waals surface area contributed by atoms with Crippen molar-refractivity contribution in [3.8, 4) is 11.5 Å². The Morgan fingerprint density at radius 3 is 2.52 bits per heavy atom. The van der Waals surface area contributed by atoms with Gasteiger partial charge < -0.3 is 9.47 Å². The first kappa shape index (κ1) is 16.5. The zero-order chi connectivity index (χ0) is 17.1. The van der Waals surface area contributed by atoms with E-state index in [2.05, 4.69) is 5.10 Å². The van der Waals surface area contributed by atoms with Crippen LogP contribution in [0.25, 0.3) is 0 Å². The third-order valence-electron chi connectivity index (χ3n) is 3.53. The molecule has 0 atom stereocenters. The number of nitrogens with zero attached hydrogens (tertiary/aromatic N) is 3. The van der Waals surface area contributed by atoms with Crippen molar-refractivity contribution in [2.75, 3.05) is 14.2 Å². The van der Waals surface area contributed by atoms with Gasteiger partial charge in [0.05, 0.1) is 24.7 Å². The Morgan fingerprint density at radius 2 is 2.00 bits per heavy atom. The van der Waals surface area contributed by atoms with Gasteiger partial charge in [0.25, 0.3) is 0 Å². The molecule has 0 spiro atoms. The highest BCUT2D eigenvalue weighted by Gasteiger charge is 2.24. The Balaban J connectivity index is 2.37. The van der Waals surface area contributed by atoms with E-state index in [1.807, 2.05) is 0 Å². The molecule has 8 nitrogen and oxygen atoms in total. The third-order valence-corrected chi connectivity index (χ3v) is 3.53. The minimum absolute atomic E-state index is 0.0737. The molecule has 0 unspecified atom stereocenters. The van der Waals surface area contributed by atoms with Gasteiger partial charge in [0.15, 0.2) is 5.78 Å². The quantitative estimate of drug-likeness (QED) is 0.460. The van der Waals surface area contributed by atoms with Crippen molar-refractivity contribution in [3.63, 3.8) is 0 Å². The molecule has 8 heteroatoms. The molecule has 1 aromatic carbocycles. The molecule has 122 valence electrons. The van der Waals surface area contributed by atoms with Crippen molar-refractivity contribution in [1.29, 1.82) is 0 Å². The van der Waals surface area contributed by atoms with E-state index in [1.54, 1.807) is 25.1 Å². The summed E-state index contributed by atoms with van der Waals surface area (Å²) in [5.74, 6) is 0.654. The fraction of sp³-hybridized carbons (Fsp3) is 0.333. The van der Waals surface area contributed by atoms with Crippen LogP contribution in [0.2, 0.25) is 0 Å². The molecule has 0 radical (unpaired) electrons. The van der Waals surface area contributed by atoms with Crippen LogP contribution < -0.4 is 9.47 Å². The fourth-order valence-corrected chi connectivity index (χ4v) is 2.36. The van der Waals surface area contributed by atoms with Crippen LogP contribution in [0, 0.1) is 24.0 Å². The Labute approximate surface area is 132 Å². The van der Waals surface area contributed by atoms with Gasteiger partial charge in [-0.25, -0.2) is 0 Å². The molecule has 0 saturated heterocycles. The lowest BCUT2D eigenvalue weighted by molar-refractivity contribution is -0.386. The average molecular weight is 319 g/mol. The molecule has 2 rings (SSSR count). The summed E-state index contributed by atoms with van der Waals surface area (Å²) in [6, 6.07) is 4.89. The van der Waals surface area contributed by atoms with Gasteiger partial charge in [0.1, 0.15) is 29.4 Å². The summed E-state index contributed by atoms with van der Waals surface area (Å²) >= 11 is 0. The second-order valence-corrected chi connectivity index (χ2v) is 4.92. The number of carbonyl (C=O) groups excluding carboxylic acids is 1. The summed E-state index contributed by atoms with van der Waals surface area (Å²) in [7, 11) is 2.97. The topological polar surface area (TPSA) is 96.5 Å². The largest absolute Gasteiger partial charge is 0.497 e. The van der Waals surface area contributed by atoms with Gasteiger partial charge >= 0.3 is 5.69 Å². The van der Waals surface area contributed by atoms with Gasteiger partial charge in [0.2, 0.25) is 0 Å². The summed E-state index contributed by atoms with van der Waals surface area (Å²) < 4.78 is 11.6. The Kier molecular flexibility index (Phi) is 4.63. The maximum Gasteiger partial charge on any atom is 0.312 e. The summed E-state index contributed by atoms with van der Waals surface area (Å²) in [5, 5.41) is 15.1. The molecule has 23 heavy (non-hydrogen) atoms. The summed E-state index contributed by atoms with van der Waals surface area (Å²) in [5.41, 5.74) is 0.873. The number of methoxy groups -OCH3 is 2. The fourth-order valence-electron chi connectivity index (χ4n) is 2.36.